The van der Waals surface area contributed by atoms with E-state index in [0.29, 0.717) is 12.5 Å². The molecule has 0 spiro atoms. The topological polar surface area (TPSA) is 153 Å². The quantitative estimate of drug-likeness (QED) is 0.247. The molecular formula is C26H36N6O6. The Bertz CT molecular complexity index is 1200. The molecule has 0 aliphatic heterocycles. The van der Waals surface area contributed by atoms with E-state index in [1.807, 2.05) is 13.8 Å². The Hall–Kier alpha value is -4.22. The Balaban J connectivity index is 2.12. The zero-order chi connectivity index (χ0) is 28.1. The summed E-state index contributed by atoms with van der Waals surface area (Å²) in [5.74, 6) is -1.54. The van der Waals surface area contributed by atoms with Gasteiger partial charge in [0.25, 0.3) is 11.5 Å². The maximum atomic E-state index is 13.1. The lowest BCUT2D eigenvalue weighted by atomic mass is 10.1. The van der Waals surface area contributed by atoms with Crippen LogP contribution in [0.4, 0.5) is 5.69 Å². The molecule has 3 amide bonds. The summed E-state index contributed by atoms with van der Waals surface area (Å²) in [6, 6.07) is 1.94. The van der Waals surface area contributed by atoms with Gasteiger partial charge in [-0.15, -0.1) is 0 Å². The van der Waals surface area contributed by atoms with Crippen molar-refractivity contribution in [3.05, 3.63) is 59.1 Å². The zero-order valence-corrected chi connectivity index (χ0v) is 22.2. The number of aromatic nitrogens is 3. The Morgan fingerprint density at radius 2 is 1.95 bits per heavy atom. The lowest BCUT2D eigenvalue weighted by Crippen LogP contribution is -2.45. The van der Waals surface area contributed by atoms with Crippen LogP contribution in [0.2, 0.25) is 0 Å². The van der Waals surface area contributed by atoms with Gasteiger partial charge in [0.1, 0.15) is 24.0 Å². The Morgan fingerprint density at radius 1 is 1.18 bits per heavy atom. The first-order valence-electron chi connectivity index (χ1n) is 12.5. The molecule has 0 aliphatic carbocycles. The minimum absolute atomic E-state index is 0.0330. The molecule has 2 aromatic heterocycles. The molecule has 2 rings (SSSR count). The van der Waals surface area contributed by atoms with Gasteiger partial charge >= 0.3 is 5.97 Å². The third kappa shape index (κ3) is 9.68. The van der Waals surface area contributed by atoms with E-state index < -0.39 is 29.4 Å². The second-order valence-corrected chi connectivity index (χ2v) is 9.02. The van der Waals surface area contributed by atoms with Crippen LogP contribution < -0.4 is 21.5 Å². The highest BCUT2D eigenvalue weighted by Crippen LogP contribution is 2.07. The van der Waals surface area contributed by atoms with Crippen LogP contribution in [0.3, 0.4) is 0 Å². The lowest BCUT2D eigenvalue weighted by Gasteiger charge is -2.18. The zero-order valence-electron chi connectivity index (χ0n) is 22.2. The third-order valence-corrected chi connectivity index (χ3v) is 5.47. The number of aryl methyl sites for hydroxylation is 1. The summed E-state index contributed by atoms with van der Waals surface area (Å²) >= 11 is 0. The molecule has 2 heterocycles. The van der Waals surface area contributed by atoms with Crippen molar-refractivity contribution >= 4 is 29.4 Å². The molecular weight excluding hydrogens is 492 g/mol. The number of imidazole rings is 1. The molecule has 0 saturated carbocycles. The average Bonchev–Trinajstić information content (AvgIpc) is 3.29. The van der Waals surface area contributed by atoms with Crippen molar-refractivity contribution in [3.63, 3.8) is 0 Å². The smallest absolute Gasteiger partial charge is 0.330 e. The van der Waals surface area contributed by atoms with Crippen LogP contribution in [-0.4, -0.2) is 57.0 Å². The number of anilines is 1. The van der Waals surface area contributed by atoms with Crippen LogP contribution in [0.5, 0.6) is 0 Å². The molecule has 0 aromatic carbocycles. The number of pyridine rings is 1. The molecule has 0 unspecified atom stereocenters. The van der Waals surface area contributed by atoms with Crippen molar-refractivity contribution in [2.24, 2.45) is 13.0 Å². The number of rotatable bonds is 14. The largest absolute Gasteiger partial charge is 0.463 e. The summed E-state index contributed by atoms with van der Waals surface area (Å²) < 4.78 is 7.54. The van der Waals surface area contributed by atoms with E-state index in [9.17, 15) is 24.0 Å². The van der Waals surface area contributed by atoms with Gasteiger partial charge in [-0.3, -0.25) is 19.2 Å². The molecule has 12 heteroatoms. The minimum atomic E-state index is -1.03. The van der Waals surface area contributed by atoms with Crippen molar-refractivity contribution in [3.8, 4) is 0 Å². The van der Waals surface area contributed by atoms with Gasteiger partial charge in [-0.2, -0.15) is 0 Å². The highest BCUT2D eigenvalue weighted by molar-refractivity contribution is 6.00. The van der Waals surface area contributed by atoms with E-state index in [-0.39, 0.29) is 43.3 Å². The fourth-order valence-corrected chi connectivity index (χ4v) is 3.40. The number of carbonyl (C=O) groups excluding carboxylic acids is 4. The summed E-state index contributed by atoms with van der Waals surface area (Å²) in [6.45, 7) is 6.34. The number of carbonyl (C=O) groups is 4. The van der Waals surface area contributed by atoms with Crippen molar-refractivity contribution in [1.82, 2.24) is 24.8 Å². The first-order valence-corrected chi connectivity index (χ1v) is 12.5. The molecule has 206 valence electrons. The summed E-state index contributed by atoms with van der Waals surface area (Å²) in [4.78, 5) is 66.4. The number of hydrogen-bond donors (Lipinski definition) is 3. The number of nitrogens with one attached hydrogen (secondary N) is 3. The molecule has 12 nitrogen and oxygen atoms in total. The molecule has 0 aliphatic rings. The number of nitrogens with zero attached hydrogens (tertiary/aromatic N) is 3. The fraction of sp³-hybridized carbons (Fsp3) is 0.462. The van der Waals surface area contributed by atoms with Gasteiger partial charge in [-0.1, -0.05) is 19.9 Å². The predicted molar refractivity (Wildman–Crippen MR) is 141 cm³/mol. The fourth-order valence-electron chi connectivity index (χ4n) is 3.40. The SMILES string of the molecule is CCOC(=O)/C=C/CC[C@H](NC(=O)c1cncn1C)C(=O)Nc1cccn(CC(=O)NCCC(C)C)c1=O. The normalized spacial score (nSPS) is 11.8. The highest BCUT2D eigenvalue weighted by Gasteiger charge is 2.23. The van der Waals surface area contributed by atoms with Crippen LogP contribution in [0.25, 0.3) is 0 Å². The second-order valence-electron chi connectivity index (χ2n) is 9.02. The minimum Gasteiger partial charge on any atom is -0.463 e. The Kier molecular flexibility index (Phi) is 11.9. The van der Waals surface area contributed by atoms with Crippen LogP contribution in [0.15, 0.2) is 47.8 Å². The molecule has 3 N–H and O–H groups in total. The van der Waals surface area contributed by atoms with Gasteiger partial charge in [0, 0.05) is 25.9 Å². The highest BCUT2D eigenvalue weighted by atomic mass is 16.5. The van der Waals surface area contributed by atoms with Gasteiger partial charge in [0.05, 0.1) is 19.1 Å². The lowest BCUT2D eigenvalue weighted by molar-refractivity contribution is -0.137. The van der Waals surface area contributed by atoms with Gasteiger partial charge in [-0.25, -0.2) is 9.78 Å². The number of hydrogen-bond acceptors (Lipinski definition) is 7. The standard InChI is InChI=1S/C26H36N6O6/c1-5-38-23(34)11-7-6-9-19(29-25(36)21-15-27-17-31(21)4)24(35)30-20-10-8-14-32(26(20)37)16-22(33)28-13-12-18(2)3/h7-8,10-11,14-15,17-19H,5-6,9,12-13,16H2,1-4H3,(H,28,33)(H,29,36)(H,30,35)/b11-7+/t19-/m0/s1. The molecule has 0 fully saturated rings. The molecule has 38 heavy (non-hydrogen) atoms. The summed E-state index contributed by atoms with van der Waals surface area (Å²) in [6.07, 6.45) is 8.32. The van der Waals surface area contributed by atoms with E-state index in [1.165, 1.54) is 40.0 Å². The molecule has 0 bridgehead atoms. The predicted octanol–water partition coefficient (Wildman–Crippen LogP) is 1.38. The molecule has 2 aromatic rings. The van der Waals surface area contributed by atoms with E-state index >= 15 is 0 Å². The number of ether oxygens (including phenoxy) is 1. The Labute approximate surface area is 221 Å². The monoisotopic (exact) mass is 528 g/mol. The van der Waals surface area contributed by atoms with Crippen molar-refractivity contribution in [2.75, 3.05) is 18.5 Å². The summed E-state index contributed by atoms with van der Waals surface area (Å²) in [7, 11) is 1.64. The first kappa shape index (κ1) is 30.0. The van der Waals surface area contributed by atoms with Crippen LogP contribution in [0.1, 0.15) is 50.5 Å². The third-order valence-electron chi connectivity index (χ3n) is 5.47. The van der Waals surface area contributed by atoms with E-state index in [2.05, 4.69) is 20.9 Å². The number of allylic oxidation sites excluding steroid dienone is 1. The van der Waals surface area contributed by atoms with Gasteiger partial charge in [0.2, 0.25) is 11.8 Å². The van der Waals surface area contributed by atoms with Gasteiger partial charge < -0.3 is 29.8 Å². The molecule has 0 radical (unpaired) electrons. The first-order chi connectivity index (χ1) is 18.1. The molecule has 0 saturated heterocycles. The van der Waals surface area contributed by atoms with E-state index in [0.717, 1.165) is 6.42 Å². The van der Waals surface area contributed by atoms with Crippen LogP contribution >= 0.6 is 0 Å². The van der Waals surface area contributed by atoms with Crippen molar-refractivity contribution in [2.45, 2.75) is 52.6 Å². The van der Waals surface area contributed by atoms with Crippen LogP contribution in [-0.2, 0) is 32.7 Å². The van der Waals surface area contributed by atoms with Gasteiger partial charge in [-0.05, 0) is 44.2 Å². The summed E-state index contributed by atoms with van der Waals surface area (Å²) in [5.41, 5.74) is -0.344. The van der Waals surface area contributed by atoms with E-state index in [1.54, 1.807) is 26.1 Å². The van der Waals surface area contributed by atoms with Crippen molar-refractivity contribution < 1.29 is 23.9 Å². The van der Waals surface area contributed by atoms with Crippen molar-refractivity contribution in [1.29, 1.82) is 0 Å². The Morgan fingerprint density at radius 3 is 2.61 bits per heavy atom. The molecule has 1 atom stereocenters. The maximum absolute atomic E-state index is 13.1. The number of amides is 3. The van der Waals surface area contributed by atoms with Gasteiger partial charge in [0.15, 0.2) is 0 Å². The average molecular weight is 529 g/mol. The van der Waals surface area contributed by atoms with Crippen LogP contribution in [0, 0.1) is 5.92 Å². The summed E-state index contributed by atoms with van der Waals surface area (Å²) in [5, 5.41) is 7.99. The second kappa shape index (κ2) is 15.1. The number of esters is 1. The van der Waals surface area contributed by atoms with E-state index in [4.69, 9.17) is 4.74 Å². The maximum Gasteiger partial charge on any atom is 0.330 e.